The second-order valence-corrected chi connectivity index (χ2v) is 4.27. The van der Waals surface area contributed by atoms with Gasteiger partial charge in [0.25, 0.3) is 0 Å². The van der Waals surface area contributed by atoms with Crippen LogP contribution in [0.1, 0.15) is 11.1 Å². The van der Waals surface area contributed by atoms with Gasteiger partial charge >= 0.3 is 0 Å². The molecule has 0 aliphatic carbocycles. The van der Waals surface area contributed by atoms with Gasteiger partial charge in [-0.05, 0) is 5.56 Å². The molecule has 0 saturated heterocycles. The molecule has 3 rings (SSSR count). The Morgan fingerprint density at radius 2 is 1.95 bits per heavy atom. The smallest absolute Gasteiger partial charge is 0.244 e. The topological polar surface area (TPSA) is 74.7 Å². The van der Waals surface area contributed by atoms with Gasteiger partial charge in [-0.1, -0.05) is 30.3 Å². The van der Waals surface area contributed by atoms with E-state index in [1.54, 1.807) is 0 Å². The van der Waals surface area contributed by atoms with Gasteiger partial charge in [-0.25, -0.2) is 0 Å². The molecule has 19 heavy (non-hydrogen) atoms. The van der Waals surface area contributed by atoms with Crippen LogP contribution in [0.25, 0.3) is 5.76 Å². The van der Waals surface area contributed by atoms with Crippen molar-refractivity contribution in [3.63, 3.8) is 0 Å². The molecule has 2 aromatic rings. The minimum Gasteiger partial charge on any atom is -0.494 e. The molecule has 3 N–H and O–H groups in total. The van der Waals surface area contributed by atoms with E-state index in [2.05, 4.69) is 4.98 Å². The summed E-state index contributed by atoms with van der Waals surface area (Å²) in [5.41, 5.74) is 1.48. The van der Waals surface area contributed by atoms with E-state index in [0.717, 1.165) is 5.56 Å². The average Bonchev–Trinajstić information content (AvgIpc) is 2.97. The molecule has 0 radical (unpaired) electrons. The number of hydrogen-bond donors (Lipinski definition) is 3. The van der Waals surface area contributed by atoms with Gasteiger partial charge in [-0.2, -0.15) is 0 Å². The van der Waals surface area contributed by atoms with Crippen molar-refractivity contribution in [2.45, 2.75) is 12.7 Å². The highest BCUT2D eigenvalue weighted by molar-refractivity contribution is 5.65. The summed E-state index contributed by atoms with van der Waals surface area (Å²) in [6.45, 7) is 0. The molecule has 1 atom stereocenters. The van der Waals surface area contributed by atoms with Gasteiger partial charge in [-0.3, -0.25) is 4.98 Å². The Morgan fingerprint density at radius 3 is 2.63 bits per heavy atom. The Kier molecular flexibility index (Phi) is 2.79. The summed E-state index contributed by atoms with van der Waals surface area (Å²) in [5, 5.41) is 18.8. The molecule has 1 aromatic heterocycles. The first kappa shape index (κ1) is 11.5. The molecule has 2 heterocycles. The molecular formula is C14H13NO4. The lowest BCUT2D eigenvalue weighted by molar-refractivity contribution is -0.0136. The quantitative estimate of drug-likeness (QED) is 0.791. The highest BCUT2D eigenvalue weighted by Crippen LogP contribution is 2.33. The van der Waals surface area contributed by atoms with Crippen LogP contribution in [0.3, 0.4) is 0 Å². The van der Waals surface area contributed by atoms with Gasteiger partial charge in [0.2, 0.25) is 12.2 Å². The number of nitrogens with one attached hydrogen (secondary N) is 1. The van der Waals surface area contributed by atoms with E-state index < -0.39 is 6.29 Å². The number of ether oxygens (including phenoxy) is 2. The van der Waals surface area contributed by atoms with Crippen LogP contribution in [0, 0.1) is 0 Å². The van der Waals surface area contributed by atoms with Gasteiger partial charge in [0, 0.05) is 12.5 Å². The molecule has 0 fully saturated rings. The Labute approximate surface area is 109 Å². The van der Waals surface area contributed by atoms with E-state index in [1.807, 2.05) is 30.3 Å². The Balaban J connectivity index is 1.68. The predicted molar refractivity (Wildman–Crippen MR) is 68.2 cm³/mol. The normalized spacial score (nSPS) is 17.7. The molecular weight excluding hydrogens is 246 g/mol. The number of benzene rings is 1. The Hall–Kier alpha value is -2.56. The summed E-state index contributed by atoms with van der Waals surface area (Å²) in [6.07, 6.45) is 1.63. The van der Waals surface area contributed by atoms with Crippen molar-refractivity contribution in [1.29, 1.82) is 0 Å². The van der Waals surface area contributed by atoms with E-state index in [0.29, 0.717) is 17.7 Å². The molecule has 98 valence electrons. The summed E-state index contributed by atoms with van der Waals surface area (Å²) in [5.74, 6) is 0.131. The molecule has 0 amide bonds. The summed E-state index contributed by atoms with van der Waals surface area (Å²) >= 11 is 0. The molecule has 5 nitrogen and oxygen atoms in total. The number of hydrogen-bond acceptors (Lipinski definition) is 4. The first-order valence-electron chi connectivity index (χ1n) is 5.90. The molecule has 0 bridgehead atoms. The fourth-order valence-corrected chi connectivity index (χ4v) is 1.98. The molecule has 1 unspecified atom stereocenters. The van der Waals surface area contributed by atoms with Crippen molar-refractivity contribution >= 4 is 5.76 Å². The van der Waals surface area contributed by atoms with Crippen molar-refractivity contribution < 1.29 is 19.7 Å². The fourth-order valence-electron chi connectivity index (χ4n) is 1.98. The first-order chi connectivity index (χ1) is 9.22. The molecule has 0 saturated carbocycles. The largest absolute Gasteiger partial charge is 0.494 e. The molecule has 1 aliphatic heterocycles. The van der Waals surface area contributed by atoms with E-state index in [-0.39, 0.29) is 11.8 Å². The van der Waals surface area contributed by atoms with E-state index in [9.17, 15) is 10.2 Å². The maximum absolute atomic E-state index is 9.58. The zero-order valence-corrected chi connectivity index (χ0v) is 10.0. The Bertz CT molecular complexity index is 603. The molecule has 0 spiro atoms. The SMILES string of the molecule is Oc1cc(C2=COC(Cc3ccccc3)O2)c(O)[nH]1. The summed E-state index contributed by atoms with van der Waals surface area (Å²) < 4.78 is 11.0. The second-order valence-electron chi connectivity index (χ2n) is 4.27. The van der Waals surface area contributed by atoms with Crippen LogP contribution in [-0.2, 0) is 15.9 Å². The molecule has 1 aromatic carbocycles. The maximum Gasteiger partial charge on any atom is 0.244 e. The third kappa shape index (κ3) is 2.35. The van der Waals surface area contributed by atoms with Gasteiger partial charge in [-0.15, -0.1) is 0 Å². The summed E-state index contributed by atoms with van der Waals surface area (Å²) in [7, 11) is 0. The second kappa shape index (κ2) is 4.61. The number of rotatable bonds is 3. The maximum atomic E-state index is 9.58. The lowest BCUT2D eigenvalue weighted by atomic mass is 10.1. The van der Waals surface area contributed by atoms with Crippen molar-refractivity contribution in [3.8, 4) is 11.8 Å². The highest BCUT2D eigenvalue weighted by atomic mass is 16.7. The number of aromatic nitrogens is 1. The van der Waals surface area contributed by atoms with E-state index in [1.165, 1.54) is 12.3 Å². The highest BCUT2D eigenvalue weighted by Gasteiger charge is 2.24. The zero-order valence-electron chi connectivity index (χ0n) is 10.0. The third-order valence-corrected chi connectivity index (χ3v) is 2.88. The van der Waals surface area contributed by atoms with Gasteiger partial charge in [0.05, 0.1) is 5.56 Å². The third-order valence-electron chi connectivity index (χ3n) is 2.88. The minimum atomic E-state index is -0.422. The van der Waals surface area contributed by atoms with Crippen LogP contribution in [0.2, 0.25) is 0 Å². The fraction of sp³-hybridized carbons (Fsp3) is 0.143. The molecule has 5 heteroatoms. The van der Waals surface area contributed by atoms with Crippen molar-refractivity contribution in [1.82, 2.24) is 4.98 Å². The van der Waals surface area contributed by atoms with Gasteiger partial charge < -0.3 is 19.7 Å². The van der Waals surface area contributed by atoms with Crippen molar-refractivity contribution in [3.05, 3.63) is 53.8 Å². The van der Waals surface area contributed by atoms with Crippen LogP contribution >= 0.6 is 0 Å². The van der Waals surface area contributed by atoms with Gasteiger partial charge in [0.15, 0.2) is 11.6 Å². The number of H-pyrrole nitrogens is 1. The standard InChI is InChI=1S/C14H13NO4/c16-12-7-10(14(17)15-12)11-8-18-13(19-11)6-9-4-2-1-3-5-9/h1-5,7-8,13,15-17H,6H2. The van der Waals surface area contributed by atoms with E-state index >= 15 is 0 Å². The van der Waals surface area contributed by atoms with Crippen LogP contribution in [0.4, 0.5) is 0 Å². The number of aromatic amines is 1. The average molecular weight is 259 g/mol. The zero-order chi connectivity index (χ0) is 13.2. The number of aromatic hydroxyl groups is 2. The summed E-state index contributed by atoms with van der Waals surface area (Å²) in [4.78, 5) is 2.38. The monoisotopic (exact) mass is 259 g/mol. The van der Waals surface area contributed by atoms with Crippen molar-refractivity contribution in [2.24, 2.45) is 0 Å². The predicted octanol–water partition coefficient (Wildman–Crippen LogP) is 2.34. The van der Waals surface area contributed by atoms with Gasteiger partial charge in [0.1, 0.15) is 6.26 Å². The van der Waals surface area contributed by atoms with Crippen LogP contribution in [0.15, 0.2) is 42.7 Å². The molecule has 1 aliphatic rings. The lowest BCUT2D eigenvalue weighted by Crippen LogP contribution is -2.11. The lowest BCUT2D eigenvalue weighted by Gasteiger charge is -2.11. The first-order valence-corrected chi connectivity index (χ1v) is 5.90. The van der Waals surface area contributed by atoms with Crippen LogP contribution < -0.4 is 0 Å². The van der Waals surface area contributed by atoms with Crippen molar-refractivity contribution in [2.75, 3.05) is 0 Å². The Morgan fingerprint density at radius 1 is 1.16 bits per heavy atom. The summed E-state index contributed by atoms with van der Waals surface area (Å²) in [6, 6.07) is 11.2. The minimum absolute atomic E-state index is 0.122. The van der Waals surface area contributed by atoms with E-state index in [4.69, 9.17) is 9.47 Å². The van der Waals surface area contributed by atoms with Crippen LogP contribution in [-0.4, -0.2) is 21.5 Å². The van der Waals surface area contributed by atoms with Crippen LogP contribution in [0.5, 0.6) is 11.8 Å².